The van der Waals surface area contributed by atoms with E-state index in [-0.39, 0.29) is 11.2 Å². The fraction of sp³-hybridized carbons (Fsp3) is 0.857. The Kier molecular flexibility index (Phi) is 4.71. The minimum absolute atomic E-state index is 0.0438. The summed E-state index contributed by atoms with van der Waals surface area (Å²) in [6.45, 7) is 6.37. The van der Waals surface area contributed by atoms with Gasteiger partial charge in [-0.1, -0.05) is 44.9 Å². The Balaban J connectivity index is 1.95. The van der Waals surface area contributed by atoms with Crippen molar-refractivity contribution < 1.29 is 4.79 Å². The van der Waals surface area contributed by atoms with Crippen molar-refractivity contribution in [3.05, 3.63) is 0 Å². The van der Waals surface area contributed by atoms with Crippen LogP contribution in [0, 0.1) is 11.8 Å². The van der Waals surface area contributed by atoms with Gasteiger partial charge in [-0.3, -0.25) is 9.79 Å². The Morgan fingerprint density at radius 3 is 2.44 bits per heavy atom. The molecule has 1 heterocycles. The van der Waals surface area contributed by atoms with E-state index in [1.54, 1.807) is 11.8 Å². The monoisotopic (exact) mass is 268 g/mol. The molecule has 4 heteroatoms. The molecule has 3 nitrogen and oxygen atoms in total. The van der Waals surface area contributed by atoms with E-state index >= 15 is 0 Å². The quantitative estimate of drug-likeness (QED) is 0.854. The summed E-state index contributed by atoms with van der Waals surface area (Å²) >= 11 is 1.61. The van der Waals surface area contributed by atoms with Gasteiger partial charge in [0.15, 0.2) is 5.17 Å². The van der Waals surface area contributed by atoms with Gasteiger partial charge in [-0.05, 0) is 31.6 Å². The lowest BCUT2D eigenvalue weighted by molar-refractivity contribution is -0.119. The van der Waals surface area contributed by atoms with Crippen LogP contribution < -0.4 is 5.32 Å². The van der Waals surface area contributed by atoms with Crippen molar-refractivity contribution in [1.29, 1.82) is 0 Å². The Hall–Kier alpha value is -0.510. The number of amidine groups is 1. The third kappa shape index (κ3) is 3.28. The molecule has 0 radical (unpaired) electrons. The van der Waals surface area contributed by atoms with Crippen LogP contribution in [0.5, 0.6) is 0 Å². The van der Waals surface area contributed by atoms with E-state index in [2.05, 4.69) is 26.1 Å². The molecule has 2 fully saturated rings. The van der Waals surface area contributed by atoms with Crippen LogP contribution in [0.2, 0.25) is 0 Å². The minimum atomic E-state index is 0.0438. The molecule has 1 aliphatic carbocycles. The second-order valence-corrected chi connectivity index (χ2v) is 6.97. The van der Waals surface area contributed by atoms with Crippen molar-refractivity contribution in [3.8, 4) is 0 Å². The number of carbonyl (C=O) groups excluding carboxylic acids is 1. The van der Waals surface area contributed by atoms with Crippen LogP contribution in [0.4, 0.5) is 0 Å². The molecule has 1 saturated carbocycles. The van der Waals surface area contributed by atoms with E-state index in [4.69, 9.17) is 4.99 Å². The van der Waals surface area contributed by atoms with E-state index in [0.717, 1.165) is 5.17 Å². The summed E-state index contributed by atoms with van der Waals surface area (Å²) in [5.41, 5.74) is 0. The van der Waals surface area contributed by atoms with E-state index in [1.807, 2.05) is 0 Å². The molecule has 2 aliphatic rings. The van der Waals surface area contributed by atoms with Crippen LogP contribution in [0.3, 0.4) is 0 Å². The number of hydrogen-bond acceptors (Lipinski definition) is 3. The van der Waals surface area contributed by atoms with Crippen LogP contribution in [0.15, 0.2) is 4.99 Å². The predicted octanol–water partition coefficient (Wildman–Crippen LogP) is 3.20. The Labute approximate surface area is 114 Å². The number of carbonyl (C=O) groups is 1. The van der Waals surface area contributed by atoms with Crippen LogP contribution in [-0.4, -0.2) is 22.4 Å². The average Bonchev–Trinajstić information content (AvgIpc) is 2.71. The smallest absolute Gasteiger partial charge is 0.239 e. The molecule has 1 aliphatic heterocycles. The molecule has 18 heavy (non-hydrogen) atoms. The number of nitrogens with one attached hydrogen (secondary N) is 1. The zero-order valence-corrected chi connectivity index (χ0v) is 12.4. The number of aliphatic imine (C=N–C) groups is 1. The maximum absolute atomic E-state index is 11.8. The summed E-state index contributed by atoms with van der Waals surface area (Å²) in [6.07, 6.45) is 6.65. The lowest BCUT2D eigenvalue weighted by atomic mass is 9.85. The van der Waals surface area contributed by atoms with Gasteiger partial charge in [0.2, 0.25) is 5.91 Å². The number of thioether (sulfide) groups is 1. The van der Waals surface area contributed by atoms with Gasteiger partial charge in [-0.25, -0.2) is 0 Å². The standard InChI is InChI=1S/C14H24N2OS/c1-9(2)12-13(17)16-14(18-12)15-10(3)11-7-5-4-6-8-11/h9-12H,4-8H2,1-3H3,(H,15,16,17)/t10-,12?/m1/s1. The van der Waals surface area contributed by atoms with Gasteiger partial charge in [-0.15, -0.1) is 0 Å². The minimum Gasteiger partial charge on any atom is -0.304 e. The largest absolute Gasteiger partial charge is 0.304 e. The number of rotatable bonds is 3. The normalized spacial score (nSPS) is 29.9. The number of hydrogen-bond donors (Lipinski definition) is 1. The molecule has 1 N–H and O–H groups in total. The second-order valence-electron chi connectivity index (χ2n) is 5.84. The maximum Gasteiger partial charge on any atom is 0.239 e. The SMILES string of the molecule is CC(C)C1SC(=N[C@H](C)C2CCCCC2)NC1=O. The van der Waals surface area contributed by atoms with Crippen molar-refractivity contribution in [2.24, 2.45) is 16.8 Å². The first-order valence-corrected chi connectivity index (χ1v) is 8.01. The highest BCUT2D eigenvalue weighted by Gasteiger charge is 2.33. The van der Waals surface area contributed by atoms with E-state index in [1.165, 1.54) is 32.1 Å². The molecule has 0 aromatic heterocycles. The number of amides is 1. The predicted molar refractivity (Wildman–Crippen MR) is 77.8 cm³/mol. The van der Waals surface area contributed by atoms with Gasteiger partial charge >= 0.3 is 0 Å². The topological polar surface area (TPSA) is 41.5 Å². The first-order valence-electron chi connectivity index (χ1n) is 7.13. The van der Waals surface area contributed by atoms with Crippen molar-refractivity contribution in [1.82, 2.24) is 5.32 Å². The molecule has 102 valence electrons. The molecular formula is C14H24N2OS. The lowest BCUT2D eigenvalue weighted by Gasteiger charge is -2.25. The van der Waals surface area contributed by atoms with Crippen LogP contribution >= 0.6 is 11.8 Å². The second kappa shape index (κ2) is 6.09. The fourth-order valence-corrected chi connectivity index (χ4v) is 3.85. The van der Waals surface area contributed by atoms with Crippen molar-refractivity contribution >= 4 is 22.8 Å². The zero-order chi connectivity index (χ0) is 13.1. The van der Waals surface area contributed by atoms with Crippen LogP contribution in [0.1, 0.15) is 52.9 Å². The van der Waals surface area contributed by atoms with E-state index in [0.29, 0.717) is 17.9 Å². The van der Waals surface area contributed by atoms with E-state index < -0.39 is 0 Å². The average molecular weight is 268 g/mol. The number of nitrogens with zero attached hydrogens (tertiary/aromatic N) is 1. The van der Waals surface area contributed by atoms with Gasteiger partial charge in [0, 0.05) is 0 Å². The Morgan fingerprint density at radius 1 is 1.22 bits per heavy atom. The molecule has 1 unspecified atom stereocenters. The molecule has 1 saturated heterocycles. The Bertz CT molecular complexity index is 335. The Morgan fingerprint density at radius 2 is 1.89 bits per heavy atom. The highest BCUT2D eigenvalue weighted by molar-refractivity contribution is 8.15. The molecule has 0 aromatic rings. The first-order chi connectivity index (χ1) is 8.58. The fourth-order valence-electron chi connectivity index (χ4n) is 2.79. The van der Waals surface area contributed by atoms with Gasteiger partial charge < -0.3 is 5.32 Å². The third-order valence-electron chi connectivity index (χ3n) is 3.99. The van der Waals surface area contributed by atoms with Crippen molar-refractivity contribution in [3.63, 3.8) is 0 Å². The van der Waals surface area contributed by atoms with Crippen LogP contribution in [0.25, 0.3) is 0 Å². The van der Waals surface area contributed by atoms with Crippen LogP contribution in [-0.2, 0) is 4.79 Å². The third-order valence-corrected chi connectivity index (χ3v) is 5.43. The summed E-state index contributed by atoms with van der Waals surface area (Å²) < 4.78 is 0. The zero-order valence-electron chi connectivity index (χ0n) is 11.6. The molecule has 2 atom stereocenters. The lowest BCUT2D eigenvalue weighted by Crippen LogP contribution is -2.28. The van der Waals surface area contributed by atoms with E-state index in [9.17, 15) is 4.79 Å². The van der Waals surface area contributed by atoms with Gasteiger partial charge in [0.25, 0.3) is 0 Å². The summed E-state index contributed by atoms with van der Waals surface area (Å²) in [7, 11) is 0. The van der Waals surface area contributed by atoms with Gasteiger partial charge in [-0.2, -0.15) is 0 Å². The molecular weight excluding hydrogens is 244 g/mol. The molecule has 2 rings (SSSR count). The molecule has 1 amide bonds. The molecule has 0 aromatic carbocycles. The highest BCUT2D eigenvalue weighted by Crippen LogP contribution is 2.30. The maximum atomic E-state index is 11.8. The highest BCUT2D eigenvalue weighted by atomic mass is 32.2. The van der Waals surface area contributed by atoms with Crippen molar-refractivity contribution in [2.45, 2.75) is 64.2 Å². The summed E-state index contributed by atoms with van der Waals surface area (Å²) in [5, 5.41) is 3.82. The molecule has 0 bridgehead atoms. The van der Waals surface area contributed by atoms with Crippen molar-refractivity contribution in [2.75, 3.05) is 0 Å². The van der Waals surface area contributed by atoms with Gasteiger partial charge in [0.1, 0.15) is 0 Å². The summed E-state index contributed by atoms with van der Waals surface area (Å²) in [5.74, 6) is 1.21. The summed E-state index contributed by atoms with van der Waals surface area (Å²) in [4.78, 5) is 16.5. The molecule has 0 spiro atoms. The van der Waals surface area contributed by atoms with Gasteiger partial charge in [0.05, 0.1) is 11.3 Å². The first kappa shape index (κ1) is 13.9. The summed E-state index contributed by atoms with van der Waals surface area (Å²) in [6, 6.07) is 0.346.